The molecule has 0 aliphatic rings. The quantitative estimate of drug-likeness (QED) is 0.693. The zero-order valence-electron chi connectivity index (χ0n) is 8.54. The monoisotopic (exact) mass is 233 g/mol. The van der Waals surface area contributed by atoms with E-state index in [1.807, 2.05) is 56.3 Å². The van der Waals surface area contributed by atoms with Crippen LogP contribution in [0.15, 0.2) is 0 Å². The molecule has 0 aromatic rings. The molecule has 0 rings (SSSR count). The van der Waals surface area contributed by atoms with E-state index in [-0.39, 0.29) is 0 Å². The number of hydrogen-bond donors (Lipinski definition) is 0. The summed E-state index contributed by atoms with van der Waals surface area (Å²) in [6.07, 6.45) is 0. The second-order valence-corrected chi connectivity index (χ2v) is 11.6. The van der Waals surface area contributed by atoms with E-state index in [0.29, 0.717) is 0 Å². The van der Waals surface area contributed by atoms with Gasteiger partial charge < -0.3 is 0 Å². The molecule has 3 nitrogen and oxygen atoms in total. The zero-order valence-corrected chi connectivity index (χ0v) is 11.0. The van der Waals surface area contributed by atoms with Crippen LogP contribution >= 0.6 is 28.2 Å². The maximum atomic E-state index is 6.47. The van der Waals surface area contributed by atoms with Gasteiger partial charge in [0.05, 0.1) is 0 Å². The van der Waals surface area contributed by atoms with E-state index in [1.165, 1.54) is 0 Å². The second kappa shape index (κ2) is 3.56. The van der Waals surface area contributed by atoms with Gasteiger partial charge in [-0.2, -0.15) is 0 Å². The van der Waals surface area contributed by atoms with E-state index in [4.69, 9.17) is 22.5 Å². The SMILES string of the molecule is CN(C)P(Cl)(Cl)(N(C)C)N(C)C. The topological polar surface area (TPSA) is 9.72 Å². The fraction of sp³-hybridized carbons (Fsp3) is 1.00. The van der Waals surface area contributed by atoms with Crippen molar-refractivity contribution in [3.05, 3.63) is 0 Å². The summed E-state index contributed by atoms with van der Waals surface area (Å²) in [5, 5.41) is 0. The molecule has 0 saturated heterocycles. The van der Waals surface area contributed by atoms with Gasteiger partial charge in [0.25, 0.3) is 0 Å². The molecular formula is C6H18Cl2N3P. The summed E-state index contributed by atoms with van der Waals surface area (Å²) in [4.78, 5) is 0. The Morgan fingerprint density at radius 3 is 0.833 bits per heavy atom. The van der Waals surface area contributed by atoms with E-state index in [2.05, 4.69) is 0 Å². The summed E-state index contributed by atoms with van der Waals surface area (Å²) in [7, 11) is 11.3. The summed E-state index contributed by atoms with van der Waals surface area (Å²) in [5.41, 5.74) is 0. The van der Waals surface area contributed by atoms with Crippen molar-refractivity contribution in [2.75, 3.05) is 42.3 Å². The van der Waals surface area contributed by atoms with Crippen LogP contribution in [0.1, 0.15) is 0 Å². The molecule has 6 heteroatoms. The molecular weight excluding hydrogens is 216 g/mol. The molecule has 0 aliphatic carbocycles. The Balaban J connectivity index is 5.09. The van der Waals surface area contributed by atoms with Crippen LogP contribution in [0.5, 0.6) is 0 Å². The molecule has 0 amide bonds. The summed E-state index contributed by atoms with van der Waals surface area (Å²) in [6.45, 7) is 0. The molecule has 0 aromatic heterocycles. The average Bonchev–Trinajstić information content (AvgIpc) is 1.86. The molecule has 0 fully saturated rings. The minimum absolute atomic E-state index is 1.87. The third-order valence-corrected chi connectivity index (χ3v) is 11.4. The third-order valence-electron chi connectivity index (χ3n) is 1.98. The molecule has 0 atom stereocenters. The first-order valence-electron chi connectivity index (χ1n) is 3.62. The normalized spacial score (nSPS) is 17.1. The van der Waals surface area contributed by atoms with E-state index >= 15 is 0 Å². The maximum absolute atomic E-state index is 6.47. The Hall–Kier alpha value is 0.890. The molecule has 0 saturated carbocycles. The van der Waals surface area contributed by atoms with Crippen molar-refractivity contribution >= 4 is 28.2 Å². The molecule has 0 spiro atoms. The summed E-state index contributed by atoms with van der Waals surface area (Å²) in [5.74, 6) is -3.01. The first-order chi connectivity index (χ1) is 5.13. The molecule has 0 bridgehead atoms. The van der Waals surface area contributed by atoms with Crippen molar-refractivity contribution in [3.63, 3.8) is 0 Å². The van der Waals surface area contributed by atoms with Gasteiger partial charge in [-0.25, -0.2) is 0 Å². The van der Waals surface area contributed by atoms with Gasteiger partial charge in [0.15, 0.2) is 0 Å². The van der Waals surface area contributed by atoms with Gasteiger partial charge >= 0.3 is 84.5 Å². The Kier molecular flexibility index (Phi) is 3.83. The Labute approximate surface area is 84.9 Å². The summed E-state index contributed by atoms with van der Waals surface area (Å²) < 4.78 is 5.61. The first kappa shape index (κ1) is 12.9. The van der Waals surface area contributed by atoms with Crippen molar-refractivity contribution in [1.82, 2.24) is 14.0 Å². The van der Waals surface area contributed by atoms with Crippen LogP contribution in [0.3, 0.4) is 0 Å². The molecule has 0 unspecified atom stereocenters. The van der Waals surface area contributed by atoms with Gasteiger partial charge in [0.2, 0.25) is 0 Å². The Morgan fingerprint density at radius 2 is 0.833 bits per heavy atom. The van der Waals surface area contributed by atoms with E-state index < -0.39 is 5.76 Å². The fourth-order valence-corrected chi connectivity index (χ4v) is 3.22. The van der Waals surface area contributed by atoms with Gasteiger partial charge in [-0.3, -0.25) is 0 Å². The van der Waals surface area contributed by atoms with Crippen LogP contribution in [0, 0.1) is 0 Å². The zero-order chi connectivity index (χ0) is 10.2. The molecule has 0 radical (unpaired) electrons. The number of rotatable bonds is 3. The minimum atomic E-state index is -3.01. The predicted octanol–water partition coefficient (Wildman–Crippen LogP) is 2.28. The second-order valence-electron chi connectivity index (χ2n) is 3.33. The van der Waals surface area contributed by atoms with Crippen molar-refractivity contribution in [2.24, 2.45) is 0 Å². The van der Waals surface area contributed by atoms with Crippen molar-refractivity contribution in [2.45, 2.75) is 0 Å². The standard InChI is InChI=1S/C6H18Cl2N3P/c1-9(2)12(7,8,10(3)4)11(5)6/h1-6H3. The van der Waals surface area contributed by atoms with E-state index in [0.717, 1.165) is 0 Å². The molecule has 0 N–H and O–H groups in total. The summed E-state index contributed by atoms with van der Waals surface area (Å²) >= 11 is 12.9. The fourth-order valence-electron chi connectivity index (χ4n) is 1.07. The predicted molar refractivity (Wildman–Crippen MR) is 59.7 cm³/mol. The number of nitrogens with zero attached hydrogens (tertiary/aromatic N) is 3. The number of hydrogen-bond acceptors (Lipinski definition) is 3. The van der Waals surface area contributed by atoms with Crippen LogP contribution in [0.2, 0.25) is 0 Å². The van der Waals surface area contributed by atoms with E-state index in [1.54, 1.807) is 0 Å². The molecule has 12 heavy (non-hydrogen) atoms. The first-order valence-corrected chi connectivity index (χ1v) is 7.53. The molecule has 76 valence electrons. The van der Waals surface area contributed by atoms with Crippen molar-refractivity contribution in [1.29, 1.82) is 0 Å². The third kappa shape index (κ3) is 1.72. The Bertz CT molecular complexity index is 142. The van der Waals surface area contributed by atoms with Gasteiger partial charge in [-0.05, 0) is 0 Å². The van der Waals surface area contributed by atoms with Gasteiger partial charge in [0.1, 0.15) is 0 Å². The molecule has 0 heterocycles. The average molecular weight is 234 g/mol. The van der Waals surface area contributed by atoms with E-state index in [9.17, 15) is 0 Å². The van der Waals surface area contributed by atoms with Crippen LogP contribution in [0.25, 0.3) is 0 Å². The van der Waals surface area contributed by atoms with Gasteiger partial charge in [-0.15, -0.1) is 0 Å². The van der Waals surface area contributed by atoms with Crippen molar-refractivity contribution in [3.8, 4) is 0 Å². The van der Waals surface area contributed by atoms with Gasteiger partial charge in [-0.1, -0.05) is 0 Å². The van der Waals surface area contributed by atoms with Crippen molar-refractivity contribution < 1.29 is 0 Å². The van der Waals surface area contributed by atoms with Crippen LogP contribution in [-0.4, -0.2) is 56.3 Å². The molecule has 0 aliphatic heterocycles. The van der Waals surface area contributed by atoms with Crippen LogP contribution < -0.4 is 0 Å². The Morgan fingerprint density at radius 1 is 0.667 bits per heavy atom. The van der Waals surface area contributed by atoms with Crippen LogP contribution in [0.4, 0.5) is 0 Å². The van der Waals surface area contributed by atoms with Crippen LogP contribution in [-0.2, 0) is 0 Å². The number of halogens is 2. The summed E-state index contributed by atoms with van der Waals surface area (Å²) in [6, 6.07) is 0. The molecule has 0 aromatic carbocycles. The van der Waals surface area contributed by atoms with Gasteiger partial charge in [0, 0.05) is 0 Å².